The molecule has 2 aromatic rings. The van der Waals surface area contributed by atoms with Crippen molar-refractivity contribution in [3.05, 3.63) is 30.5 Å². The molecule has 9 heteroatoms. The average molecular weight is 441 g/mol. The fourth-order valence-electron chi connectivity index (χ4n) is 4.01. The Morgan fingerprint density at radius 1 is 1.19 bits per heavy atom. The molecule has 1 amide bonds. The summed E-state index contributed by atoms with van der Waals surface area (Å²) in [6.07, 6.45) is 5.30. The summed E-state index contributed by atoms with van der Waals surface area (Å²) in [5.41, 5.74) is 0.823. The van der Waals surface area contributed by atoms with Gasteiger partial charge in [0.05, 0.1) is 19.8 Å². The first kappa shape index (κ1) is 22.1. The Kier molecular flexibility index (Phi) is 7.26. The Bertz CT molecular complexity index is 912. The summed E-state index contributed by atoms with van der Waals surface area (Å²) in [6.45, 7) is 7.09. The van der Waals surface area contributed by atoms with E-state index >= 15 is 0 Å². The number of benzene rings is 1. The van der Waals surface area contributed by atoms with Crippen molar-refractivity contribution in [3.63, 3.8) is 0 Å². The standard InChI is InChI=1S/C23H32N6O3/c1-17(30)29-15-19(16-29)25-22-8-9-24-23(27-22)26-18-6-7-20(31-2)21(14-18)32-13-5-12-28-10-3-4-11-28/h6-9,14,19H,3-5,10-13,15-16H2,1-2H3,(H2,24,25,26,27). The number of nitrogens with one attached hydrogen (secondary N) is 2. The summed E-state index contributed by atoms with van der Waals surface area (Å²) < 4.78 is 11.5. The lowest BCUT2D eigenvalue weighted by molar-refractivity contribution is -0.132. The van der Waals surface area contributed by atoms with Crippen LogP contribution in [0.25, 0.3) is 0 Å². The number of aromatic nitrogens is 2. The van der Waals surface area contributed by atoms with Crippen molar-refractivity contribution in [1.29, 1.82) is 0 Å². The van der Waals surface area contributed by atoms with Crippen LogP contribution in [0.1, 0.15) is 26.2 Å². The van der Waals surface area contributed by atoms with Crippen molar-refractivity contribution in [2.75, 3.05) is 57.1 Å². The first-order valence-electron chi connectivity index (χ1n) is 11.3. The number of ether oxygens (including phenoxy) is 2. The van der Waals surface area contributed by atoms with E-state index in [1.807, 2.05) is 24.3 Å². The van der Waals surface area contributed by atoms with Crippen molar-refractivity contribution >= 4 is 23.4 Å². The van der Waals surface area contributed by atoms with E-state index in [1.54, 1.807) is 25.1 Å². The molecule has 2 saturated heterocycles. The van der Waals surface area contributed by atoms with E-state index in [9.17, 15) is 4.79 Å². The van der Waals surface area contributed by atoms with Gasteiger partial charge in [0.25, 0.3) is 0 Å². The maximum atomic E-state index is 11.3. The first-order valence-corrected chi connectivity index (χ1v) is 11.3. The van der Waals surface area contributed by atoms with Gasteiger partial charge in [-0.05, 0) is 50.6 Å². The van der Waals surface area contributed by atoms with Crippen LogP contribution in [0.5, 0.6) is 11.5 Å². The van der Waals surface area contributed by atoms with Crippen LogP contribution in [-0.4, -0.2) is 78.2 Å². The predicted molar refractivity (Wildman–Crippen MR) is 124 cm³/mol. The number of nitrogens with zero attached hydrogens (tertiary/aromatic N) is 4. The van der Waals surface area contributed by atoms with Crippen LogP contribution in [0, 0.1) is 0 Å². The van der Waals surface area contributed by atoms with Gasteiger partial charge in [0.1, 0.15) is 5.82 Å². The number of likely N-dealkylation sites (tertiary alicyclic amines) is 2. The lowest BCUT2D eigenvalue weighted by Crippen LogP contribution is -2.56. The molecule has 4 rings (SSSR count). The minimum absolute atomic E-state index is 0.0988. The van der Waals surface area contributed by atoms with Crippen molar-refractivity contribution < 1.29 is 14.3 Å². The SMILES string of the molecule is COc1ccc(Nc2nccc(NC3CN(C(C)=O)C3)n2)cc1OCCCN1CCCC1. The fraction of sp³-hybridized carbons (Fsp3) is 0.522. The number of hydrogen-bond acceptors (Lipinski definition) is 8. The normalized spacial score (nSPS) is 16.5. The molecule has 0 saturated carbocycles. The second-order valence-electron chi connectivity index (χ2n) is 8.27. The smallest absolute Gasteiger partial charge is 0.229 e. The second-order valence-corrected chi connectivity index (χ2v) is 8.27. The quantitative estimate of drug-likeness (QED) is 0.545. The fourth-order valence-corrected chi connectivity index (χ4v) is 4.01. The van der Waals surface area contributed by atoms with Crippen molar-refractivity contribution in [3.8, 4) is 11.5 Å². The predicted octanol–water partition coefficient (Wildman–Crippen LogP) is 2.74. The molecule has 2 aliphatic rings. The molecule has 0 aliphatic carbocycles. The van der Waals surface area contributed by atoms with E-state index in [2.05, 4.69) is 25.5 Å². The minimum Gasteiger partial charge on any atom is -0.493 e. The Balaban J connectivity index is 1.32. The minimum atomic E-state index is 0.0988. The Morgan fingerprint density at radius 3 is 2.75 bits per heavy atom. The van der Waals surface area contributed by atoms with E-state index in [-0.39, 0.29) is 11.9 Å². The third-order valence-electron chi connectivity index (χ3n) is 5.83. The molecule has 0 atom stereocenters. The Morgan fingerprint density at radius 2 is 2.00 bits per heavy atom. The van der Waals surface area contributed by atoms with Crippen molar-refractivity contribution in [2.24, 2.45) is 0 Å². The van der Waals surface area contributed by atoms with Gasteiger partial charge in [0.15, 0.2) is 11.5 Å². The maximum Gasteiger partial charge on any atom is 0.229 e. The monoisotopic (exact) mass is 440 g/mol. The molecule has 172 valence electrons. The van der Waals surface area contributed by atoms with Crippen LogP contribution >= 0.6 is 0 Å². The van der Waals surface area contributed by atoms with Crippen LogP contribution in [0.2, 0.25) is 0 Å². The van der Waals surface area contributed by atoms with E-state index in [4.69, 9.17) is 9.47 Å². The van der Waals surface area contributed by atoms with Gasteiger partial charge in [-0.3, -0.25) is 4.79 Å². The summed E-state index contributed by atoms with van der Waals surface area (Å²) in [4.78, 5) is 24.5. The summed E-state index contributed by atoms with van der Waals surface area (Å²) in [5, 5.41) is 6.58. The molecule has 9 nitrogen and oxygen atoms in total. The molecule has 1 aromatic carbocycles. The molecule has 0 bridgehead atoms. The van der Waals surface area contributed by atoms with Gasteiger partial charge in [-0.1, -0.05) is 0 Å². The highest BCUT2D eigenvalue weighted by atomic mass is 16.5. The number of carbonyl (C=O) groups is 1. The number of methoxy groups -OCH3 is 1. The summed E-state index contributed by atoms with van der Waals surface area (Å²) in [5.74, 6) is 2.72. The Labute approximate surface area is 189 Å². The number of amides is 1. The van der Waals surface area contributed by atoms with Crippen molar-refractivity contribution in [1.82, 2.24) is 19.8 Å². The van der Waals surface area contributed by atoms with E-state index < -0.39 is 0 Å². The summed E-state index contributed by atoms with van der Waals surface area (Å²) in [7, 11) is 1.64. The van der Waals surface area contributed by atoms with Gasteiger partial charge in [0.2, 0.25) is 11.9 Å². The molecule has 0 radical (unpaired) electrons. The zero-order valence-corrected chi connectivity index (χ0v) is 18.8. The van der Waals surface area contributed by atoms with Crippen LogP contribution in [0.15, 0.2) is 30.5 Å². The highest BCUT2D eigenvalue weighted by Gasteiger charge is 2.28. The third kappa shape index (κ3) is 5.79. The lowest BCUT2D eigenvalue weighted by Gasteiger charge is -2.39. The maximum absolute atomic E-state index is 11.3. The van der Waals surface area contributed by atoms with Crippen LogP contribution in [0.4, 0.5) is 17.5 Å². The zero-order valence-electron chi connectivity index (χ0n) is 18.8. The molecule has 2 fully saturated rings. The molecule has 2 N–H and O–H groups in total. The van der Waals surface area contributed by atoms with Gasteiger partial charge >= 0.3 is 0 Å². The van der Waals surface area contributed by atoms with Gasteiger partial charge in [-0.2, -0.15) is 4.98 Å². The summed E-state index contributed by atoms with van der Waals surface area (Å²) in [6, 6.07) is 7.74. The van der Waals surface area contributed by atoms with E-state index in [0.717, 1.165) is 24.5 Å². The van der Waals surface area contributed by atoms with Gasteiger partial charge in [-0.15, -0.1) is 0 Å². The van der Waals surface area contributed by atoms with Crippen LogP contribution in [0.3, 0.4) is 0 Å². The second kappa shape index (κ2) is 10.5. The van der Waals surface area contributed by atoms with Crippen LogP contribution in [-0.2, 0) is 4.79 Å². The molecular formula is C23H32N6O3. The van der Waals surface area contributed by atoms with E-state index in [0.29, 0.717) is 37.1 Å². The van der Waals surface area contributed by atoms with Crippen molar-refractivity contribution in [2.45, 2.75) is 32.2 Å². The zero-order chi connectivity index (χ0) is 22.3. The number of rotatable bonds is 10. The summed E-state index contributed by atoms with van der Waals surface area (Å²) >= 11 is 0. The third-order valence-corrected chi connectivity index (χ3v) is 5.83. The largest absolute Gasteiger partial charge is 0.493 e. The highest BCUT2D eigenvalue weighted by molar-refractivity contribution is 5.74. The lowest BCUT2D eigenvalue weighted by atomic mass is 10.1. The average Bonchev–Trinajstić information content (AvgIpc) is 3.27. The van der Waals surface area contributed by atoms with E-state index in [1.165, 1.54) is 25.9 Å². The topological polar surface area (TPSA) is 91.9 Å². The van der Waals surface area contributed by atoms with Gasteiger partial charge in [0, 0.05) is 44.5 Å². The van der Waals surface area contributed by atoms with Crippen LogP contribution < -0.4 is 20.1 Å². The molecule has 3 heterocycles. The Hall–Kier alpha value is -3.07. The molecule has 32 heavy (non-hydrogen) atoms. The van der Waals surface area contributed by atoms with Gasteiger partial charge < -0.3 is 29.9 Å². The first-order chi connectivity index (χ1) is 15.6. The number of anilines is 3. The molecule has 2 aliphatic heterocycles. The number of hydrogen-bond donors (Lipinski definition) is 2. The molecular weight excluding hydrogens is 408 g/mol. The molecule has 0 unspecified atom stereocenters. The highest BCUT2D eigenvalue weighted by Crippen LogP contribution is 2.31. The van der Waals surface area contributed by atoms with Gasteiger partial charge in [-0.25, -0.2) is 4.98 Å². The number of carbonyl (C=O) groups excluding carboxylic acids is 1. The molecule has 0 spiro atoms. The molecule has 1 aromatic heterocycles.